The number of unbranched alkanes of at least 4 members (excludes halogenated alkanes) is 11. The van der Waals surface area contributed by atoms with Gasteiger partial charge >= 0.3 is 5.97 Å². The minimum Gasteiger partial charge on any atom is -0.480 e. The monoisotopic (exact) mass is 316 g/mol. The molecule has 0 aliphatic carbocycles. The molecule has 0 atom stereocenters. The van der Waals surface area contributed by atoms with Crippen LogP contribution in [0.2, 0.25) is 0 Å². The quantitative estimate of drug-likeness (QED) is 0.369. The van der Waals surface area contributed by atoms with E-state index in [0.29, 0.717) is 13.2 Å². The Bertz CT molecular complexity index is 231. The minimum atomic E-state index is -0.930. The van der Waals surface area contributed by atoms with Crippen molar-refractivity contribution in [3.63, 3.8) is 0 Å². The molecule has 0 fully saturated rings. The second kappa shape index (κ2) is 18.4. The van der Waals surface area contributed by atoms with E-state index in [1.165, 1.54) is 70.6 Å². The summed E-state index contributed by atoms with van der Waals surface area (Å²) < 4.78 is 10.3. The molecule has 0 unspecified atom stereocenters. The highest BCUT2D eigenvalue weighted by molar-refractivity contribution is 5.67. The van der Waals surface area contributed by atoms with Crippen LogP contribution in [0, 0.1) is 0 Å². The standard InChI is InChI=1S/C18H36O4/c1-2-3-4-5-6-7-8-9-10-11-12-13-14-21-15-16-22-17-18(19)20/h2-17H2,1H3,(H,19,20). The van der Waals surface area contributed by atoms with E-state index in [4.69, 9.17) is 14.6 Å². The van der Waals surface area contributed by atoms with Crippen molar-refractivity contribution in [2.75, 3.05) is 26.4 Å². The second-order valence-corrected chi connectivity index (χ2v) is 5.95. The van der Waals surface area contributed by atoms with Crippen molar-refractivity contribution in [1.82, 2.24) is 0 Å². The number of carbonyl (C=O) groups is 1. The third-order valence-corrected chi connectivity index (χ3v) is 3.74. The minimum absolute atomic E-state index is 0.234. The first-order valence-corrected chi connectivity index (χ1v) is 9.14. The zero-order valence-electron chi connectivity index (χ0n) is 14.5. The van der Waals surface area contributed by atoms with Gasteiger partial charge in [0, 0.05) is 6.61 Å². The van der Waals surface area contributed by atoms with E-state index in [2.05, 4.69) is 6.92 Å². The van der Waals surface area contributed by atoms with Gasteiger partial charge in [0.05, 0.1) is 13.2 Å². The topological polar surface area (TPSA) is 55.8 Å². The molecule has 4 nitrogen and oxygen atoms in total. The van der Waals surface area contributed by atoms with Gasteiger partial charge in [-0.2, -0.15) is 0 Å². The molecule has 0 aliphatic heterocycles. The lowest BCUT2D eigenvalue weighted by Gasteiger charge is -2.05. The van der Waals surface area contributed by atoms with Crippen LogP contribution >= 0.6 is 0 Å². The predicted octanol–water partition coefficient (Wildman–Crippen LogP) is 4.81. The maximum absolute atomic E-state index is 10.2. The highest BCUT2D eigenvalue weighted by Gasteiger charge is 1.96. The third kappa shape index (κ3) is 19.4. The van der Waals surface area contributed by atoms with Crippen molar-refractivity contribution in [3.05, 3.63) is 0 Å². The fourth-order valence-corrected chi connectivity index (χ4v) is 2.42. The van der Waals surface area contributed by atoms with Gasteiger partial charge in [-0.25, -0.2) is 4.79 Å². The molecule has 132 valence electrons. The molecule has 4 heteroatoms. The van der Waals surface area contributed by atoms with Crippen molar-refractivity contribution in [2.24, 2.45) is 0 Å². The molecule has 0 spiro atoms. The lowest BCUT2D eigenvalue weighted by Crippen LogP contribution is -2.11. The van der Waals surface area contributed by atoms with Crippen LogP contribution in [0.4, 0.5) is 0 Å². The number of carboxylic acids is 1. The lowest BCUT2D eigenvalue weighted by atomic mass is 10.1. The van der Waals surface area contributed by atoms with E-state index >= 15 is 0 Å². The van der Waals surface area contributed by atoms with Gasteiger partial charge < -0.3 is 14.6 Å². The Morgan fingerprint density at radius 1 is 0.682 bits per heavy atom. The van der Waals surface area contributed by atoms with Gasteiger partial charge in [0.15, 0.2) is 0 Å². The molecule has 0 heterocycles. The number of hydrogen-bond acceptors (Lipinski definition) is 3. The van der Waals surface area contributed by atoms with E-state index in [9.17, 15) is 4.79 Å². The van der Waals surface area contributed by atoms with Crippen molar-refractivity contribution in [1.29, 1.82) is 0 Å². The van der Waals surface area contributed by atoms with Crippen LogP contribution < -0.4 is 0 Å². The van der Waals surface area contributed by atoms with E-state index < -0.39 is 5.97 Å². The maximum atomic E-state index is 10.2. The molecule has 0 bridgehead atoms. The van der Waals surface area contributed by atoms with Crippen molar-refractivity contribution < 1.29 is 19.4 Å². The van der Waals surface area contributed by atoms with Gasteiger partial charge in [-0.1, -0.05) is 77.6 Å². The van der Waals surface area contributed by atoms with Gasteiger partial charge in [0.1, 0.15) is 6.61 Å². The molecule has 0 aromatic heterocycles. The fourth-order valence-electron chi connectivity index (χ4n) is 2.42. The largest absolute Gasteiger partial charge is 0.480 e. The van der Waals surface area contributed by atoms with Crippen molar-refractivity contribution >= 4 is 5.97 Å². The van der Waals surface area contributed by atoms with Gasteiger partial charge in [-0.15, -0.1) is 0 Å². The summed E-state index contributed by atoms with van der Waals surface area (Å²) in [6, 6.07) is 0. The smallest absolute Gasteiger partial charge is 0.329 e. The average Bonchev–Trinajstić information content (AvgIpc) is 2.50. The summed E-state index contributed by atoms with van der Waals surface area (Å²) in [5, 5.41) is 8.37. The molecular weight excluding hydrogens is 280 g/mol. The van der Waals surface area contributed by atoms with E-state index in [1.807, 2.05) is 0 Å². The highest BCUT2D eigenvalue weighted by atomic mass is 16.5. The Morgan fingerprint density at radius 3 is 1.64 bits per heavy atom. The molecule has 0 saturated carbocycles. The normalized spacial score (nSPS) is 11.0. The SMILES string of the molecule is CCCCCCCCCCCCCCOCCOCC(=O)O. The molecule has 0 aromatic carbocycles. The second-order valence-electron chi connectivity index (χ2n) is 5.95. The molecule has 0 aromatic rings. The van der Waals surface area contributed by atoms with Crippen molar-refractivity contribution in [3.8, 4) is 0 Å². The number of ether oxygens (including phenoxy) is 2. The van der Waals surface area contributed by atoms with Crippen LogP contribution in [0.15, 0.2) is 0 Å². The molecule has 0 amide bonds. The summed E-state index contributed by atoms with van der Waals surface area (Å²) >= 11 is 0. The predicted molar refractivity (Wildman–Crippen MR) is 90.4 cm³/mol. The van der Waals surface area contributed by atoms with Gasteiger partial charge in [0.2, 0.25) is 0 Å². The summed E-state index contributed by atoms with van der Waals surface area (Å²) in [5.41, 5.74) is 0. The first-order valence-electron chi connectivity index (χ1n) is 9.14. The van der Waals surface area contributed by atoms with E-state index in [1.54, 1.807) is 0 Å². The van der Waals surface area contributed by atoms with E-state index in [-0.39, 0.29) is 6.61 Å². The summed E-state index contributed by atoms with van der Waals surface area (Å²) in [5.74, 6) is -0.930. The molecule has 0 saturated heterocycles. The Kier molecular flexibility index (Phi) is 17.9. The maximum Gasteiger partial charge on any atom is 0.329 e. The number of carboxylic acid groups (broad SMARTS) is 1. The van der Waals surface area contributed by atoms with Crippen LogP contribution in [-0.4, -0.2) is 37.5 Å². The van der Waals surface area contributed by atoms with Gasteiger partial charge in [-0.05, 0) is 6.42 Å². The Morgan fingerprint density at radius 2 is 1.14 bits per heavy atom. The highest BCUT2D eigenvalue weighted by Crippen LogP contribution is 2.11. The zero-order chi connectivity index (χ0) is 16.3. The molecule has 0 aliphatic rings. The number of rotatable bonds is 18. The van der Waals surface area contributed by atoms with Crippen LogP contribution in [0.25, 0.3) is 0 Å². The molecule has 1 N–H and O–H groups in total. The number of aliphatic carboxylic acids is 1. The first-order chi connectivity index (χ1) is 10.8. The summed E-state index contributed by atoms with van der Waals surface area (Å²) in [6.45, 7) is 3.64. The van der Waals surface area contributed by atoms with Gasteiger partial charge in [0.25, 0.3) is 0 Å². The van der Waals surface area contributed by atoms with Gasteiger partial charge in [-0.3, -0.25) is 0 Å². The molecule has 0 rings (SSSR count). The summed E-state index contributed by atoms with van der Waals surface area (Å²) in [4.78, 5) is 10.2. The average molecular weight is 316 g/mol. The molecule has 0 radical (unpaired) electrons. The summed E-state index contributed by atoms with van der Waals surface area (Å²) in [7, 11) is 0. The van der Waals surface area contributed by atoms with Crippen LogP contribution in [0.5, 0.6) is 0 Å². The fraction of sp³-hybridized carbons (Fsp3) is 0.944. The van der Waals surface area contributed by atoms with Crippen LogP contribution in [-0.2, 0) is 14.3 Å². The Hall–Kier alpha value is -0.610. The first kappa shape index (κ1) is 21.4. The molecule has 22 heavy (non-hydrogen) atoms. The summed E-state index contributed by atoms with van der Waals surface area (Å²) in [6.07, 6.45) is 16.1. The third-order valence-electron chi connectivity index (χ3n) is 3.74. The zero-order valence-corrected chi connectivity index (χ0v) is 14.5. The van der Waals surface area contributed by atoms with Crippen LogP contribution in [0.1, 0.15) is 84.0 Å². The number of hydrogen-bond donors (Lipinski definition) is 1. The van der Waals surface area contributed by atoms with Crippen molar-refractivity contribution in [2.45, 2.75) is 84.0 Å². The Labute approximate surface area is 136 Å². The molecular formula is C18H36O4. The van der Waals surface area contributed by atoms with Crippen LogP contribution in [0.3, 0.4) is 0 Å². The lowest BCUT2D eigenvalue weighted by molar-refractivity contribution is -0.142. The van der Waals surface area contributed by atoms with E-state index in [0.717, 1.165) is 13.0 Å². The Balaban J connectivity index is 2.95.